The Morgan fingerprint density at radius 3 is 1.59 bits per heavy atom. The van der Waals surface area contributed by atoms with E-state index >= 15 is 0 Å². The van der Waals surface area contributed by atoms with Crippen LogP contribution in [0.3, 0.4) is 0 Å². The van der Waals surface area contributed by atoms with Crippen molar-refractivity contribution in [3.8, 4) is 0 Å². The predicted molar refractivity (Wildman–Crippen MR) is 188 cm³/mol. The van der Waals surface area contributed by atoms with Crippen LogP contribution in [0.5, 0.6) is 0 Å². The molecule has 2 atom stereocenters. The van der Waals surface area contributed by atoms with E-state index in [9.17, 15) is 0 Å². The number of allylic oxidation sites excluding steroid dienone is 4. The van der Waals surface area contributed by atoms with Gasteiger partial charge in [-0.25, -0.2) is 12.2 Å². The topological polar surface area (TPSA) is 0 Å². The summed E-state index contributed by atoms with van der Waals surface area (Å²) in [6, 6.07) is 50.1. The molecule has 0 amide bonds. The van der Waals surface area contributed by atoms with Gasteiger partial charge in [0.2, 0.25) is 0 Å². The van der Waals surface area contributed by atoms with E-state index in [0.717, 1.165) is 6.42 Å². The standard InChI is InChI=1S/C21H13.C17H18.C5H5.Zr/c1-2-8-15-14(7-1)13-20-18-11-4-3-9-16(18)17-10-5-6-12-19(17)21(15)20;1-14(16-9-5-3-6-10-16)13-15(2)17-11-7-4-8-12-17;1-2-4-5-3-1;/h1-13H;3-12,14-15H,1-2H3;1-3H,4H2;/q-1;;-1;+2. The Morgan fingerprint density at radius 2 is 1.07 bits per heavy atom. The van der Waals surface area contributed by atoms with Crippen LogP contribution < -0.4 is 0 Å². The molecule has 1 aliphatic carbocycles. The Balaban J connectivity index is 0.000000136. The average Bonchev–Trinajstić information content (AvgIpc) is 3.81. The van der Waals surface area contributed by atoms with Gasteiger partial charge in [0.05, 0.1) is 0 Å². The second-order valence-electron chi connectivity index (χ2n) is 11.3. The Labute approximate surface area is 276 Å². The second kappa shape index (κ2) is 14.2. The van der Waals surface area contributed by atoms with Crippen LogP contribution in [0, 0.1) is 6.08 Å². The van der Waals surface area contributed by atoms with Gasteiger partial charge in [0.25, 0.3) is 0 Å². The molecule has 0 heterocycles. The van der Waals surface area contributed by atoms with Crippen LogP contribution in [0.4, 0.5) is 0 Å². The average molecular weight is 644 g/mol. The van der Waals surface area contributed by atoms with Crippen molar-refractivity contribution in [3.05, 3.63) is 175 Å². The molecular weight excluding hydrogens is 608 g/mol. The Bertz CT molecular complexity index is 2020. The van der Waals surface area contributed by atoms with Gasteiger partial charge in [-0.05, 0) is 10.8 Å². The first-order chi connectivity index (χ1) is 21.6. The maximum atomic E-state index is 2.99. The van der Waals surface area contributed by atoms with E-state index in [0.29, 0.717) is 11.8 Å². The van der Waals surface area contributed by atoms with Gasteiger partial charge < -0.3 is 0 Å². The molecule has 0 aliphatic heterocycles. The summed E-state index contributed by atoms with van der Waals surface area (Å²) in [6.07, 6.45) is 10.0. The van der Waals surface area contributed by atoms with Crippen LogP contribution >= 0.6 is 0 Å². The van der Waals surface area contributed by atoms with Crippen LogP contribution in [-0.2, 0) is 24.2 Å². The van der Waals surface area contributed by atoms with Crippen molar-refractivity contribution in [2.45, 2.75) is 32.1 Å². The molecule has 1 heteroatoms. The first kappa shape index (κ1) is 30.0. The van der Waals surface area contributed by atoms with Crippen LogP contribution in [0.25, 0.3) is 43.1 Å². The van der Waals surface area contributed by atoms with Gasteiger partial charge >= 0.3 is 125 Å². The van der Waals surface area contributed by atoms with Gasteiger partial charge in [0.1, 0.15) is 0 Å². The van der Waals surface area contributed by atoms with E-state index in [4.69, 9.17) is 0 Å². The van der Waals surface area contributed by atoms with Crippen molar-refractivity contribution in [2.75, 3.05) is 0 Å². The summed E-state index contributed by atoms with van der Waals surface area (Å²) < 4.78 is 1.61. The fraction of sp³-hybridized carbons (Fsp3) is 0.116. The molecule has 7 aromatic carbocycles. The molecule has 0 fully saturated rings. The molecule has 44 heavy (non-hydrogen) atoms. The van der Waals surface area contributed by atoms with Gasteiger partial charge in [0.15, 0.2) is 0 Å². The van der Waals surface area contributed by atoms with Crippen LogP contribution in [0.2, 0.25) is 0 Å². The van der Waals surface area contributed by atoms with Crippen molar-refractivity contribution in [1.29, 1.82) is 0 Å². The maximum Gasteiger partial charge on any atom is -0.0255 e. The van der Waals surface area contributed by atoms with E-state index in [2.05, 4.69) is 166 Å². The van der Waals surface area contributed by atoms with Crippen molar-refractivity contribution >= 4 is 46.3 Å². The van der Waals surface area contributed by atoms with Gasteiger partial charge in [-0.15, -0.1) is 40.1 Å². The summed E-state index contributed by atoms with van der Waals surface area (Å²) in [7, 11) is 0. The van der Waals surface area contributed by atoms with Gasteiger partial charge in [-0.3, -0.25) is 6.08 Å². The summed E-state index contributed by atoms with van der Waals surface area (Å²) >= 11 is 1.54. The minimum atomic E-state index is 0.541. The summed E-state index contributed by atoms with van der Waals surface area (Å²) in [6.45, 7) is 4.64. The number of rotatable bonds is 4. The molecule has 7 aromatic rings. The molecule has 1 aliphatic rings. The van der Waals surface area contributed by atoms with Gasteiger partial charge in [-0.2, -0.15) is 6.08 Å². The zero-order valence-electron chi connectivity index (χ0n) is 25.4. The molecule has 8 rings (SSSR count). The van der Waals surface area contributed by atoms with E-state index in [1.165, 1.54) is 54.2 Å². The van der Waals surface area contributed by atoms with Crippen molar-refractivity contribution in [2.24, 2.45) is 0 Å². The van der Waals surface area contributed by atoms with E-state index in [1.54, 1.807) is 27.4 Å². The molecular formula is C43H36Zr. The summed E-state index contributed by atoms with van der Waals surface area (Å²) in [5, 5.41) is 10.8. The predicted octanol–water partition coefficient (Wildman–Crippen LogP) is 11.6. The largest absolute Gasteiger partial charge is 0.273 e. The van der Waals surface area contributed by atoms with Gasteiger partial charge in [0, 0.05) is 0 Å². The minimum Gasteiger partial charge on any atom is -0.273 e. The third-order valence-corrected chi connectivity index (χ3v) is 10.7. The first-order valence-corrected chi connectivity index (χ1v) is 16.6. The molecule has 0 saturated carbocycles. The van der Waals surface area contributed by atoms with E-state index in [-0.39, 0.29) is 0 Å². The molecule has 0 nitrogen and oxygen atoms in total. The second-order valence-corrected chi connectivity index (χ2v) is 12.8. The molecule has 0 spiro atoms. The SMILES string of the molecule is CC([C](=[Zr+2])C(C)c1ccccc1)c1ccccc1.[C-]1=CC=CC1.c1ccc2c(c1)[cH-]c1c3ccccc3c3ccccc3c21. The molecule has 0 radical (unpaired) electrons. The molecule has 2 unspecified atom stereocenters. The summed E-state index contributed by atoms with van der Waals surface area (Å²) in [5.74, 6) is 1.08. The van der Waals surface area contributed by atoms with Crippen molar-refractivity contribution in [1.82, 2.24) is 0 Å². The van der Waals surface area contributed by atoms with Crippen LogP contribution in [0.1, 0.15) is 43.2 Å². The number of hydrogen-bond donors (Lipinski definition) is 0. The molecule has 0 saturated heterocycles. The quantitative estimate of drug-likeness (QED) is 0.132. The van der Waals surface area contributed by atoms with E-state index < -0.39 is 0 Å². The normalized spacial score (nSPS) is 13.4. The number of fused-ring (bicyclic) bond motifs is 8. The first-order valence-electron chi connectivity index (χ1n) is 15.4. The fourth-order valence-corrected chi connectivity index (χ4v) is 6.99. The fourth-order valence-electron chi connectivity index (χ4n) is 6.17. The van der Waals surface area contributed by atoms with Gasteiger partial charge in [-0.1, -0.05) is 77.5 Å². The third-order valence-electron chi connectivity index (χ3n) is 8.62. The van der Waals surface area contributed by atoms with Crippen LogP contribution in [-0.4, -0.2) is 3.21 Å². The Kier molecular flexibility index (Phi) is 9.65. The van der Waals surface area contributed by atoms with Crippen molar-refractivity contribution in [3.63, 3.8) is 0 Å². The molecule has 0 aromatic heterocycles. The Hall–Kier alpha value is -4.06. The smallest absolute Gasteiger partial charge is 0.0255 e. The molecule has 212 valence electrons. The molecule has 0 bridgehead atoms. The maximum absolute atomic E-state index is 2.99. The van der Waals surface area contributed by atoms with Crippen molar-refractivity contribution < 1.29 is 24.2 Å². The zero-order valence-corrected chi connectivity index (χ0v) is 27.8. The number of benzene rings is 6. The van der Waals surface area contributed by atoms with E-state index in [1.807, 2.05) is 12.2 Å². The summed E-state index contributed by atoms with van der Waals surface area (Å²) in [4.78, 5) is 0. The third kappa shape index (κ3) is 6.40. The van der Waals surface area contributed by atoms with Crippen LogP contribution in [0.15, 0.2) is 158 Å². The summed E-state index contributed by atoms with van der Waals surface area (Å²) in [5.41, 5.74) is 2.85. The number of hydrogen-bond acceptors (Lipinski definition) is 0. The minimum absolute atomic E-state index is 0.541. The Morgan fingerprint density at radius 1 is 0.591 bits per heavy atom. The molecule has 0 N–H and O–H groups in total. The zero-order chi connectivity index (χ0) is 30.3. The monoisotopic (exact) mass is 642 g/mol.